The van der Waals surface area contributed by atoms with Crippen molar-refractivity contribution in [1.29, 1.82) is 0 Å². The van der Waals surface area contributed by atoms with Gasteiger partial charge in [0.2, 0.25) is 0 Å². The molecule has 0 bridgehead atoms. The number of rotatable bonds is 5. The van der Waals surface area contributed by atoms with Gasteiger partial charge in [-0.05, 0) is 38.1 Å². The molecule has 3 heterocycles. The number of nitrogens with zero attached hydrogens (tertiary/aromatic N) is 4. The normalized spacial score (nSPS) is 14.3. The molecule has 1 amide bonds. The van der Waals surface area contributed by atoms with E-state index in [1.54, 1.807) is 27.9 Å². The first-order valence-corrected chi connectivity index (χ1v) is 9.01. The van der Waals surface area contributed by atoms with Crippen LogP contribution < -0.4 is 5.32 Å². The van der Waals surface area contributed by atoms with Gasteiger partial charge in [0.1, 0.15) is 11.6 Å². The Bertz CT molecular complexity index is 1030. The van der Waals surface area contributed by atoms with Gasteiger partial charge in [0.25, 0.3) is 5.91 Å². The summed E-state index contributed by atoms with van der Waals surface area (Å²) < 4.78 is 29.0. The second-order valence-corrected chi connectivity index (χ2v) is 6.68. The predicted octanol–water partition coefficient (Wildman–Crippen LogP) is 3.69. The van der Waals surface area contributed by atoms with Crippen LogP contribution in [0.3, 0.4) is 0 Å². The molecule has 0 radical (unpaired) electrons. The topological polar surface area (TPSA) is 63.1 Å². The predicted molar refractivity (Wildman–Crippen MR) is 100 cm³/mol. The first-order valence-electron chi connectivity index (χ1n) is 9.01. The lowest BCUT2D eigenvalue weighted by Crippen LogP contribution is -2.23. The molecule has 0 fully saturated rings. The van der Waals surface area contributed by atoms with Crippen molar-refractivity contribution in [3.63, 3.8) is 0 Å². The first-order chi connectivity index (χ1) is 13.5. The third-order valence-corrected chi connectivity index (χ3v) is 4.89. The van der Waals surface area contributed by atoms with E-state index in [2.05, 4.69) is 15.3 Å². The standard InChI is InChI=1S/C20H19F2N5O/c1-3-26-9-15-18(20(26)28)16(22)8-23-19(15)25-12(2)17-10-27(11-24-17)14-6-4-13(21)5-7-14/h4-8,10-12H,3,9H2,1-2H3,(H,23,25). The van der Waals surface area contributed by atoms with Crippen molar-refractivity contribution in [1.82, 2.24) is 19.4 Å². The zero-order valence-electron chi connectivity index (χ0n) is 15.5. The number of hydrogen-bond acceptors (Lipinski definition) is 4. The molecule has 0 saturated heterocycles. The summed E-state index contributed by atoms with van der Waals surface area (Å²) in [6.07, 6.45) is 4.55. The average molecular weight is 383 g/mol. The second kappa shape index (κ2) is 7.03. The number of imidazole rings is 1. The highest BCUT2D eigenvalue weighted by Gasteiger charge is 2.32. The molecule has 1 aromatic carbocycles. The number of aromatic nitrogens is 3. The van der Waals surface area contributed by atoms with E-state index >= 15 is 0 Å². The van der Waals surface area contributed by atoms with Gasteiger partial charge in [-0.2, -0.15) is 0 Å². The molecule has 8 heteroatoms. The Morgan fingerprint density at radius 3 is 2.68 bits per heavy atom. The van der Waals surface area contributed by atoms with E-state index in [4.69, 9.17) is 0 Å². The van der Waals surface area contributed by atoms with Crippen molar-refractivity contribution < 1.29 is 13.6 Å². The van der Waals surface area contributed by atoms with Gasteiger partial charge in [0.15, 0.2) is 5.82 Å². The zero-order valence-corrected chi connectivity index (χ0v) is 15.5. The van der Waals surface area contributed by atoms with E-state index in [0.717, 1.165) is 17.6 Å². The summed E-state index contributed by atoms with van der Waals surface area (Å²) in [6, 6.07) is 5.88. The minimum Gasteiger partial charge on any atom is -0.362 e. The lowest BCUT2D eigenvalue weighted by molar-refractivity contribution is 0.0784. The van der Waals surface area contributed by atoms with Crippen LogP contribution in [-0.2, 0) is 6.54 Å². The fraction of sp³-hybridized carbons (Fsp3) is 0.250. The summed E-state index contributed by atoms with van der Waals surface area (Å²) in [4.78, 5) is 22.5. The maximum atomic E-state index is 14.1. The van der Waals surface area contributed by atoms with E-state index < -0.39 is 5.82 Å². The summed E-state index contributed by atoms with van der Waals surface area (Å²) in [5.74, 6) is -0.737. The van der Waals surface area contributed by atoms with Gasteiger partial charge < -0.3 is 14.8 Å². The molecule has 1 N–H and O–H groups in total. The monoisotopic (exact) mass is 383 g/mol. The van der Waals surface area contributed by atoms with Gasteiger partial charge in [-0.25, -0.2) is 18.7 Å². The molecule has 0 spiro atoms. The fourth-order valence-electron chi connectivity index (χ4n) is 3.31. The van der Waals surface area contributed by atoms with Gasteiger partial charge in [0.05, 0.1) is 36.4 Å². The number of hydrogen-bond donors (Lipinski definition) is 1. The number of pyridine rings is 1. The Morgan fingerprint density at radius 2 is 1.96 bits per heavy atom. The SMILES string of the molecule is CCN1Cc2c(NC(C)c3cn(-c4ccc(F)cc4)cn3)ncc(F)c2C1=O. The number of nitrogens with one attached hydrogen (secondary N) is 1. The summed E-state index contributed by atoms with van der Waals surface area (Å²) in [7, 11) is 0. The van der Waals surface area contributed by atoms with E-state index in [-0.39, 0.29) is 23.3 Å². The Labute approximate surface area is 160 Å². The van der Waals surface area contributed by atoms with Crippen LogP contribution in [0.2, 0.25) is 0 Å². The van der Waals surface area contributed by atoms with Gasteiger partial charge >= 0.3 is 0 Å². The van der Waals surface area contributed by atoms with Crippen LogP contribution in [0.4, 0.5) is 14.6 Å². The van der Waals surface area contributed by atoms with E-state index in [1.807, 2.05) is 20.0 Å². The fourth-order valence-corrected chi connectivity index (χ4v) is 3.31. The molecule has 144 valence electrons. The largest absolute Gasteiger partial charge is 0.362 e. The van der Waals surface area contributed by atoms with Crippen LogP contribution in [0.5, 0.6) is 0 Å². The molecule has 1 aliphatic heterocycles. The molecule has 0 aliphatic carbocycles. The van der Waals surface area contributed by atoms with Gasteiger partial charge in [-0.1, -0.05) is 0 Å². The molecule has 0 saturated carbocycles. The highest BCUT2D eigenvalue weighted by molar-refractivity contribution is 5.99. The smallest absolute Gasteiger partial charge is 0.257 e. The number of amides is 1. The van der Waals surface area contributed by atoms with Crippen LogP contribution in [0.15, 0.2) is 43.0 Å². The van der Waals surface area contributed by atoms with Crippen LogP contribution in [0.1, 0.15) is 41.5 Å². The minimum absolute atomic E-state index is 0.0865. The Morgan fingerprint density at radius 1 is 1.21 bits per heavy atom. The van der Waals surface area contributed by atoms with E-state index in [1.165, 1.54) is 12.1 Å². The molecule has 1 aliphatic rings. The molecule has 28 heavy (non-hydrogen) atoms. The summed E-state index contributed by atoms with van der Waals surface area (Å²) >= 11 is 0. The number of anilines is 1. The van der Waals surface area contributed by atoms with E-state index in [0.29, 0.717) is 24.5 Å². The Kier molecular flexibility index (Phi) is 4.54. The third-order valence-electron chi connectivity index (χ3n) is 4.89. The summed E-state index contributed by atoms with van der Waals surface area (Å²) in [5.41, 5.74) is 2.18. The average Bonchev–Trinajstić information content (AvgIpc) is 3.30. The van der Waals surface area contributed by atoms with Crippen molar-refractivity contribution in [3.05, 3.63) is 71.4 Å². The van der Waals surface area contributed by atoms with Gasteiger partial charge in [-0.3, -0.25) is 4.79 Å². The highest BCUT2D eigenvalue weighted by Crippen LogP contribution is 2.31. The molecule has 1 unspecified atom stereocenters. The van der Waals surface area contributed by atoms with Crippen molar-refractivity contribution in [2.45, 2.75) is 26.4 Å². The molecular weight excluding hydrogens is 364 g/mol. The molecular formula is C20H19F2N5O. The molecule has 2 aromatic heterocycles. The maximum Gasteiger partial charge on any atom is 0.257 e. The highest BCUT2D eigenvalue weighted by atomic mass is 19.1. The number of benzene rings is 1. The lowest BCUT2D eigenvalue weighted by Gasteiger charge is -2.15. The summed E-state index contributed by atoms with van der Waals surface area (Å²) in [5, 5.41) is 3.23. The third kappa shape index (κ3) is 3.11. The van der Waals surface area contributed by atoms with Crippen molar-refractivity contribution in [2.24, 2.45) is 0 Å². The number of fused-ring (bicyclic) bond motifs is 1. The lowest BCUT2D eigenvalue weighted by atomic mass is 10.1. The quantitative estimate of drug-likeness (QED) is 0.730. The second-order valence-electron chi connectivity index (χ2n) is 6.68. The number of halogens is 2. The molecule has 4 rings (SSSR count). The van der Waals surface area contributed by atoms with Crippen LogP contribution in [0.25, 0.3) is 5.69 Å². The minimum atomic E-state index is -0.602. The Hall–Kier alpha value is -3.29. The van der Waals surface area contributed by atoms with Crippen molar-refractivity contribution in [3.8, 4) is 5.69 Å². The summed E-state index contributed by atoms with van der Waals surface area (Å²) in [6.45, 7) is 4.59. The first kappa shape index (κ1) is 18.1. The van der Waals surface area contributed by atoms with Crippen molar-refractivity contribution in [2.75, 3.05) is 11.9 Å². The number of carbonyl (C=O) groups excluding carboxylic acids is 1. The van der Waals surface area contributed by atoms with E-state index in [9.17, 15) is 13.6 Å². The van der Waals surface area contributed by atoms with Crippen LogP contribution in [-0.4, -0.2) is 31.9 Å². The number of carbonyl (C=O) groups is 1. The van der Waals surface area contributed by atoms with Crippen molar-refractivity contribution >= 4 is 11.7 Å². The molecule has 1 atom stereocenters. The van der Waals surface area contributed by atoms with Gasteiger partial charge in [0, 0.05) is 24.0 Å². The van der Waals surface area contributed by atoms with Gasteiger partial charge in [-0.15, -0.1) is 0 Å². The Balaban J connectivity index is 1.58. The molecule has 6 nitrogen and oxygen atoms in total. The van der Waals surface area contributed by atoms with Crippen LogP contribution in [0, 0.1) is 11.6 Å². The van der Waals surface area contributed by atoms with Crippen LogP contribution >= 0.6 is 0 Å². The zero-order chi connectivity index (χ0) is 19.8. The molecule has 3 aromatic rings. The maximum absolute atomic E-state index is 14.1.